The maximum Gasteiger partial charge on any atom is 0.244 e. The van der Waals surface area contributed by atoms with Crippen molar-refractivity contribution in [1.29, 1.82) is 0 Å². The number of hydrogen-bond acceptors (Lipinski definition) is 3. The summed E-state index contributed by atoms with van der Waals surface area (Å²) in [6.45, 7) is 7.19. The van der Waals surface area contributed by atoms with Gasteiger partial charge >= 0.3 is 0 Å². The van der Waals surface area contributed by atoms with Gasteiger partial charge in [-0.05, 0) is 45.1 Å². The number of carbonyl (C=O) groups excluding carboxylic acids is 2. The number of piperidine rings is 1. The van der Waals surface area contributed by atoms with Gasteiger partial charge < -0.3 is 15.1 Å². The number of hydrogen-bond donors (Lipinski definition) is 1. The van der Waals surface area contributed by atoms with Gasteiger partial charge in [0.15, 0.2) is 0 Å². The fraction of sp³-hybridized carbons (Fsp3) is 0.895. The number of nitrogens with zero attached hydrogens (tertiary/aromatic N) is 2. The molecule has 5 nitrogen and oxygen atoms in total. The molecule has 1 saturated carbocycles. The van der Waals surface area contributed by atoms with Gasteiger partial charge in [-0.1, -0.05) is 26.2 Å². The summed E-state index contributed by atoms with van der Waals surface area (Å²) in [5, 5.41) is 2.93. The standard InChI is InChI=1S/C19H35N3O2/c1-4-22-12-10-17(11-13-22)21(3)19(24)15(2)20-18(23)14-16-8-6-5-7-9-16/h15-17H,4-14H2,1-3H3,(H,20,23)/t15-/m0/s1. The molecule has 0 spiro atoms. The lowest BCUT2D eigenvalue weighted by atomic mass is 9.87. The van der Waals surface area contributed by atoms with Gasteiger partial charge in [0.25, 0.3) is 0 Å². The minimum absolute atomic E-state index is 0.0388. The molecule has 2 aliphatic rings. The smallest absolute Gasteiger partial charge is 0.244 e. The van der Waals surface area contributed by atoms with Crippen LogP contribution in [0.1, 0.15) is 65.2 Å². The average Bonchev–Trinajstić information content (AvgIpc) is 2.61. The highest BCUT2D eigenvalue weighted by Crippen LogP contribution is 2.26. The van der Waals surface area contributed by atoms with Gasteiger partial charge in [0.1, 0.15) is 6.04 Å². The first-order valence-electron chi connectivity index (χ1n) is 9.79. The maximum absolute atomic E-state index is 12.6. The largest absolute Gasteiger partial charge is 0.345 e. The molecule has 1 N–H and O–H groups in total. The third-order valence-corrected chi connectivity index (χ3v) is 5.85. The van der Waals surface area contributed by atoms with Crippen molar-refractivity contribution in [3.05, 3.63) is 0 Å². The average molecular weight is 338 g/mol. The van der Waals surface area contributed by atoms with E-state index in [0.29, 0.717) is 18.4 Å². The van der Waals surface area contributed by atoms with E-state index in [4.69, 9.17) is 0 Å². The molecule has 1 atom stereocenters. The molecular weight excluding hydrogens is 302 g/mol. The first kappa shape index (κ1) is 19.2. The number of likely N-dealkylation sites (N-methyl/N-ethyl adjacent to an activating group) is 1. The van der Waals surface area contributed by atoms with Gasteiger partial charge in [0, 0.05) is 32.6 Å². The molecule has 2 fully saturated rings. The monoisotopic (exact) mass is 337 g/mol. The summed E-state index contributed by atoms with van der Waals surface area (Å²) in [6.07, 6.45) is 8.73. The Balaban J connectivity index is 1.75. The van der Waals surface area contributed by atoms with Crippen molar-refractivity contribution in [1.82, 2.24) is 15.1 Å². The van der Waals surface area contributed by atoms with Gasteiger partial charge in [0.2, 0.25) is 11.8 Å². The van der Waals surface area contributed by atoms with Crippen LogP contribution in [0.4, 0.5) is 0 Å². The van der Waals surface area contributed by atoms with E-state index in [1.165, 1.54) is 19.3 Å². The fourth-order valence-corrected chi connectivity index (χ4v) is 4.12. The van der Waals surface area contributed by atoms with Crippen molar-refractivity contribution in [3.8, 4) is 0 Å². The Labute approximate surface area is 147 Å². The van der Waals surface area contributed by atoms with E-state index in [2.05, 4.69) is 17.1 Å². The van der Waals surface area contributed by atoms with Crippen LogP contribution in [0.25, 0.3) is 0 Å². The Kier molecular flexibility index (Phi) is 7.53. The minimum atomic E-state index is -0.421. The topological polar surface area (TPSA) is 52.6 Å². The van der Waals surface area contributed by atoms with Crippen LogP contribution in [0.2, 0.25) is 0 Å². The van der Waals surface area contributed by atoms with E-state index in [1.807, 2.05) is 18.9 Å². The Morgan fingerprint density at radius 1 is 1.12 bits per heavy atom. The van der Waals surface area contributed by atoms with Crippen LogP contribution in [0.15, 0.2) is 0 Å². The number of likely N-dealkylation sites (tertiary alicyclic amines) is 1. The van der Waals surface area contributed by atoms with Gasteiger partial charge in [-0.25, -0.2) is 0 Å². The molecule has 0 unspecified atom stereocenters. The molecule has 0 aromatic rings. The van der Waals surface area contributed by atoms with Gasteiger partial charge in [-0.15, -0.1) is 0 Å². The van der Waals surface area contributed by atoms with Gasteiger partial charge in [-0.2, -0.15) is 0 Å². The SMILES string of the molecule is CCN1CCC(N(C)C(=O)[C@H](C)NC(=O)CC2CCCCC2)CC1. The number of nitrogens with one attached hydrogen (secondary N) is 1. The van der Waals surface area contributed by atoms with Gasteiger partial charge in [0.05, 0.1) is 0 Å². The summed E-state index contributed by atoms with van der Waals surface area (Å²) in [7, 11) is 1.89. The molecule has 0 aromatic carbocycles. The second-order valence-corrected chi connectivity index (χ2v) is 7.61. The molecule has 1 heterocycles. The highest BCUT2D eigenvalue weighted by atomic mass is 16.2. The van der Waals surface area contributed by atoms with Crippen LogP contribution < -0.4 is 5.32 Å². The van der Waals surface area contributed by atoms with Crippen LogP contribution in [0.3, 0.4) is 0 Å². The Bertz CT molecular complexity index is 413. The Morgan fingerprint density at radius 2 is 1.75 bits per heavy atom. The van der Waals surface area contributed by atoms with E-state index >= 15 is 0 Å². The second-order valence-electron chi connectivity index (χ2n) is 7.61. The third-order valence-electron chi connectivity index (χ3n) is 5.85. The van der Waals surface area contributed by atoms with Crippen molar-refractivity contribution < 1.29 is 9.59 Å². The van der Waals surface area contributed by atoms with Crippen LogP contribution in [0.5, 0.6) is 0 Å². The zero-order valence-corrected chi connectivity index (χ0v) is 15.7. The zero-order chi connectivity index (χ0) is 17.5. The summed E-state index contributed by atoms with van der Waals surface area (Å²) in [5.41, 5.74) is 0. The highest BCUT2D eigenvalue weighted by molar-refractivity contribution is 5.87. The molecule has 0 radical (unpaired) electrons. The molecular formula is C19H35N3O2. The minimum Gasteiger partial charge on any atom is -0.345 e. The molecule has 1 saturated heterocycles. The van der Waals surface area contributed by atoms with Crippen molar-refractivity contribution in [3.63, 3.8) is 0 Å². The second kappa shape index (κ2) is 9.40. The molecule has 1 aliphatic heterocycles. The maximum atomic E-state index is 12.6. The normalized spacial score (nSPS) is 22.1. The van der Waals surface area contributed by atoms with E-state index in [1.54, 1.807) is 0 Å². The molecule has 24 heavy (non-hydrogen) atoms. The Hall–Kier alpha value is -1.10. The van der Waals surface area contributed by atoms with Crippen LogP contribution in [0, 0.1) is 5.92 Å². The summed E-state index contributed by atoms with van der Waals surface area (Å²) in [6, 6.07) is -0.117. The molecule has 1 aliphatic carbocycles. The lowest BCUT2D eigenvalue weighted by molar-refractivity contribution is -0.137. The summed E-state index contributed by atoms with van der Waals surface area (Å²) >= 11 is 0. The summed E-state index contributed by atoms with van der Waals surface area (Å²) in [4.78, 5) is 29.1. The molecule has 2 amide bonds. The number of amides is 2. The third kappa shape index (κ3) is 5.47. The summed E-state index contributed by atoms with van der Waals surface area (Å²) in [5.74, 6) is 0.594. The molecule has 138 valence electrons. The van der Waals surface area contributed by atoms with Crippen molar-refractivity contribution in [2.24, 2.45) is 5.92 Å². The van der Waals surface area contributed by atoms with E-state index in [-0.39, 0.29) is 11.8 Å². The summed E-state index contributed by atoms with van der Waals surface area (Å²) < 4.78 is 0. The zero-order valence-electron chi connectivity index (χ0n) is 15.7. The predicted molar refractivity (Wildman–Crippen MR) is 96.7 cm³/mol. The van der Waals surface area contributed by atoms with Crippen LogP contribution in [-0.2, 0) is 9.59 Å². The lowest BCUT2D eigenvalue weighted by Crippen LogP contribution is -2.51. The van der Waals surface area contributed by atoms with E-state index in [0.717, 1.165) is 45.3 Å². The number of rotatable bonds is 6. The van der Waals surface area contributed by atoms with Gasteiger partial charge in [-0.3, -0.25) is 9.59 Å². The van der Waals surface area contributed by atoms with Crippen LogP contribution >= 0.6 is 0 Å². The van der Waals surface area contributed by atoms with Crippen molar-refractivity contribution in [2.75, 3.05) is 26.7 Å². The Morgan fingerprint density at radius 3 is 2.33 bits per heavy atom. The van der Waals surface area contributed by atoms with Crippen LogP contribution in [-0.4, -0.2) is 60.4 Å². The predicted octanol–water partition coefficient (Wildman–Crippen LogP) is 2.40. The van der Waals surface area contributed by atoms with E-state index in [9.17, 15) is 9.59 Å². The van der Waals surface area contributed by atoms with E-state index < -0.39 is 6.04 Å². The first-order valence-corrected chi connectivity index (χ1v) is 9.79. The van der Waals surface area contributed by atoms with Crippen molar-refractivity contribution in [2.45, 2.75) is 77.3 Å². The molecule has 0 bridgehead atoms. The molecule has 0 aromatic heterocycles. The fourth-order valence-electron chi connectivity index (χ4n) is 4.12. The molecule has 5 heteroatoms. The lowest BCUT2D eigenvalue weighted by Gasteiger charge is -2.37. The number of carbonyl (C=O) groups is 2. The highest BCUT2D eigenvalue weighted by Gasteiger charge is 2.28. The van der Waals surface area contributed by atoms with Crippen molar-refractivity contribution >= 4 is 11.8 Å². The molecule has 2 rings (SSSR count). The quantitative estimate of drug-likeness (QED) is 0.810. The first-order chi connectivity index (χ1) is 11.5.